The van der Waals surface area contributed by atoms with Gasteiger partial charge < -0.3 is 24.8 Å². The molecule has 6 nitrogen and oxygen atoms in total. The predicted octanol–water partition coefficient (Wildman–Crippen LogP) is 1.80. The molecule has 1 rings (SSSR count). The molecule has 23 heavy (non-hydrogen) atoms. The fraction of sp³-hybridized carbons (Fsp3) is 0.588. The van der Waals surface area contributed by atoms with Gasteiger partial charge in [-0.3, -0.25) is 0 Å². The Kier molecular flexibility index (Phi) is 10.7. The van der Waals surface area contributed by atoms with Gasteiger partial charge in [0.25, 0.3) is 0 Å². The molecule has 0 radical (unpaired) electrons. The third-order valence-corrected chi connectivity index (χ3v) is 3.13. The molecule has 0 saturated heterocycles. The van der Waals surface area contributed by atoms with Gasteiger partial charge in [0, 0.05) is 32.4 Å². The van der Waals surface area contributed by atoms with Crippen LogP contribution in [0.1, 0.15) is 18.9 Å². The molecule has 0 unspecified atom stereocenters. The minimum atomic E-state index is 0.573. The van der Waals surface area contributed by atoms with Crippen LogP contribution in [0.4, 0.5) is 0 Å². The summed E-state index contributed by atoms with van der Waals surface area (Å²) in [6.07, 6.45) is 0.919. The Morgan fingerprint density at radius 2 is 1.91 bits per heavy atom. The summed E-state index contributed by atoms with van der Waals surface area (Å²) in [5.41, 5.74) is 1.06. The Morgan fingerprint density at radius 1 is 1.09 bits per heavy atom. The SMILES string of the molecule is CCNC(=NCc1ccccc1OC)NCCCOCCOC. The van der Waals surface area contributed by atoms with Crippen molar-refractivity contribution in [2.24, 2.45) is 4.99 Å². The van der Waals surface area contributed by atoms with Crippen molar-refractivity contribution in [1.82, 2.24) is 10.6 Å². The fourth-order valence-corrected chi connectivity index (χ4v) is 1.96. The van der Waals surface area contributed by atoms with Crippen LogP contribution in [0.25, 0.3) is 0 Å². The minimum absolute atomic E-state index is 0.573. The molecular weight excluding hydrogens is 294 g/mol. The number of hydrogen-bond acceptors (Lipinski definition) is 4. The number of para-hydroxylation sites is 1. The molecule has 0 heterocycles. The number of guanidine groups is 1. The van der Waals surface area contributed by atoms with Crippen molar-refractivity contribution in [2.45, 2.75) is 19.9 Å². The summed E-state index contributed by atoms with van der Waals surface area (Å²) in [4.78, 5) is 4.59. The van der Waals surface area contributed by atoms with Gasteiger partial charge in [-0.25, -0.2) is 4.99 Å². The summed E-state index contributed by atoms with van der Waals surface area (Å²) >= 11 is 0. The lowest BCUT2D eigenvalue weighted by Crippen LogP contribution is -2.38. The molecule has 0 saturated carbocycles. The Labute approximate surface area is 139 Å². The summed E-state index contributed by atoms with van der Waals surface area (Å²) in [6.45, 7) is 6.24. The van der Waals surface area contributed by atoms with E-state index < -0.39 is 0 Å². The van der Waals surface area contributed by atoms with Crippen LogP contribution in [0, 0.1) is 0 Å². The zero-order chi connectivity index (χ0) is 16.8. The van der Waals surface area contributed by atoms with E-state index in [0.717, 1.165) is 36.8 Å². The number of nitrogens with one attached hydrogen (secondary N) is 2. The van der Waals surface area contributed by atoms with Crippen LogP contribution in [0.5, 0.6) is 5.75 Å². The van der Waals surface area contributed by atoms with Crippen LogP contribution >= 0.6 is 0 Å². The highest BCUT2D eigenvalue weighted by Crippen LogP contribution is 2.17. The third-order valence-electron chi connectivity index (χ3n) is 3.13. The summed E-state index contributed by atoms with van der Waals surface area (Å²) < 4.78 is 15.7. The van der Waals surface area contributed by atoms with Crippen molar-refractivity contribution in [3.05, 3.63) is 29.8 Å². The van der Waals surface area contributed by atoms with Crippen LogP contribution in [0.15, 0.2) is 29.3 Å². The number of hydrogen-bond donors (Lipinski definition) is 2. The van der Waals surface area contributed by atoms with Gasteiger partial charge in [0.1, 0.15) is 5.75 Å². The summed E-state index contributed by atoms with van der Waals surface area (Å²) in [6, 6.07) is 7.92. The number of nitrogens with zero attached hydrogens (tertiary/aromatic N) is 1. The normalized spacial score (nSPS) is 11.3. The smallest absolute Gasteiger partial charge is 0.191 e. The molecule has 1 aromatic carbocycles. The van der Waals surface area contributed by atoms with Gasteiger partial charge in [-0.1, -0.05) is 18.2 Å². The maximum Gasteiger partial charge on any atom is 0.191 e. The minimum Gasteiger partial charge on any atom is -0.496 e. The summed E-state index contributed by atoms with van der Waals surface area (Å²) in [5, 5.41) is 6.54. The molecule has 0 aliphatic heterocycles. The molecule has 0 aromatic heterocycles. The van der Waals surface area contributed by atoms with E-state index in [1.165, 1.54) is 0 Å². The Balaban J connectivity index is 2.38. The molecule has 130 valence electrons. The molecule has 1 aromatic rings. The second-order valence-corrected chi connectivity index (χ2v) is 4.89. The monoisotopic (exact) mass is 323 g/mol. The number of aliphatic imine (C=N–C) groups is 1. The zero-order valence-electron chi connectivity index (χ0n) is 14.4. The molecule has 0 spiro atoms. The van der Waals surface area contributed by atoms with Crippen LogP contribution in [0.3, 0.4) is 0 Å². The number of benzene rings is 1. The van der Waals surface area contributed by atoms with Crippen molar-refractivity contribution in [3.8, 4) is 5.75 Å². The van der Waals surface area contributed by atoms with Gasteiger partial charge in [0.05, 0.1) is 26.9 Å². The largest absolute Gasteiger partial charge is 0.496 e. The first-order chi connectivity index (χ1) is 11.3. The first kappa shape index (κ1) is 19.3. The lowest BCUT2D eigenvalue weighted by atomic mass is 10.2. The van der Waals surface area contributed by atoms with E-state index in [9.17, 15) is 0 Å². The molecule has 0 atom stereocenters. The van der Waals surface area contributed by atoms with Crippen LogP contribution in [-0.2, 0) is 16.0 Å². The van der Waals surface area contributed by atoms with Crippen LogP contribution < -0.4 is 15.4 Å². The molecule has 2 N–H and O–H groups in total. The van der Waals surface area contributed by atoms with Crippen molar-refractivity contribution in [1.29, 1.82) is 0 Å². The second kappa shape index (κ2) is 12.7. The van der Waals surface area contributed by atoms with Crippen molar-refractivity contribution < 1.29 is 14.2 Å². The second-order valence-electron chi connectivity index (χ2n) is 4.89. The Bertz CT molecular complexity index is 452. The number of methoxy groups -OCH3 is 2. The first-order valence-electron chi connectivity index (χ1n) is 8.02. The van der Waals surface area contributed by atoms with E-state index >= 15 is 0 Å². The standard InChI is InChI=1S/C17H29N3O3/c1-4-18-17(19-10-7-11-23-13-12-21-2)20-14-15-8-5-6-9-16(15)22-3/h5-6,8-9H,4,7,10-14H2,1-3H3,(H2,18,19,20). The maximum atomic E-state index is 5.43. The van der Waals surface area contributed by atoms with Crippen LogP contribution in [0.2, 0.25) is 0 Å². The van der Waals surface area contributed by atoms with Gasteiger partial charge in [-0.2, -0.15) is 0 Å². The number of rotatable bonds is 11. The van der Waals surface area contributed by atoms with E-state index in [4.69, 9.17) is 14.2 Å². The Hall–Kier alpha value is -1.79. The van der Waals surface area contributed by atoms with Gasteiger partial charge >= 0.3 is 0 Å². The molecular formula is C17H29N3O3. The predicted molar refractivity (Wildman–Crippen MR) is 93.1 cm³/mol. The van der Waals surface area contributed by atoms with E-state index in [2.05, 4.69) is 15.6 Å². The average molecular weight is 323 g/mol. The average Bonchev–Trinajstić information content (AvgIpc) is 2.59. The lowest BCUT2D eigenvalue weighted by Gasteiger charge is -2.12. The summed E-state index contributed by atoms with van der Waals surface area (Å²) in [5.74, 6) is 1.66. The summed E-state index contributed by atoms with van der Waals surface area (Å²) in [7, 11) is 3.35. The zero-order valence-corrected chi connectivity index (χ0v) is 14.4. The van der Waals surface area contributed by atoms with Gasteiger partial charge in [-0.15, -0.1) is 0 Å². The molecule has 6 heteroatoms. The van der Waals surface area contributed by atoms with Crippen LogP contribution in [-0.4, -0.2) is 53.1 Å². The molecule has 0 bridgehead atoms. The van der Waals surface area contributed by atoms with Crippen molar-refractivity contribution >= 4 is 5.96 Å². The molecule has 0 fully saturated rings. The Morgan fingerprint density at radius 3 is 2.65 bits per heavy atom. The highest BCUT2D eigenvalue weighted by Gasteiger charge is 2.02. The van der Waals surface area contributed by atoms with E-state index in [0.29, 0.717) is 26.4 Å². The maximum absolute atomic E-state index is 5.43. The fourth-order valence-electron chi connectivity index (χ4n) is 1.96. The highest BCUT2D eigenvalue weighted by atomic mass is 16.5. The molecule has 0 aliphatic carbocycles. The van der Waals surface area contributed by atoms with Gasteiger partial charge in [0.2, 0.25) is 0 Å². The first-order valence-corrected chi connectivity index (χ1v) is 8.02. The molecule has 0 amide bonds. The molecule has 0 aliphatic rings. The van der Waals surface area contributed by atoms with E-state index in [-0.39, 0.29) is 0 Å². The topological polar surface area (TPSA) is 64.1 Å². The van der Waals surface area contributed by atoms with Gasteiger partial charge in [-0.05, 0) is 19.4 Å². The lowest BCUT2D eigenvalue weighted by molar-refractivity contribution is 0.0698. The third kappa shape index (κ3) is 8.42. The quantitative estimate of drug-likeness (QED) is 0.369. The van der Waals surface area contributed by atoms with E-state index in [1.54, 1.807) is 14.2 Å². The van der Waals surface area contributed by atoms with Gasteiger partial charge in [0.15, 0.2) is 5.96 Å². The van der Waals surface area contributed by atoms with E-state index in [1.807, 2.05) is 31.2 Å². The van der Waals surface area contributed by atoms with Crippen molar-refractivity contribution in [3.63, 3.8) is 0 Å². The highest BCUT2D eigenvalue weighted by molar-refractivity contribution is 5.79. The van der Waals surface area contributed by atoms with Crippen molar-refractivity contribution in [2.75, 3.05) is 47.1 Å². The number of ether oxygens (including phenoxy) is 3.